The highest BCUT2D eigenvalue weighted by molar-refractivity contribution is 5.88. The lowest BCUT2D eigenvalue weighted by Gasteiger charge is -2.20. The highest BCUT2D eigenvalue weighted by atomic mass is 16.2. The third-order valence-electron chi connectivity index (χ3n) is 2.45. The van der Waals surface area contributed by atoms with Crippen LogP contribution in [0.4, 0.5) is 0 Å². The number of carbonyl (C=O) groups is 3. The lowest BCUT2D eigenvalue weighted by Crippen LogP contribution is -2.39. The molecule has 2 N–H and O–H groups in total. The Balaban J connectivity index is 3.92. The maximum atomic E-state index is 11.4. The summed E-state index contributed by atoms with van der Waals surface area (Å²) < 4.78 is 0. The number of carbonyl (C=O) groups excluding carboxylic acids is 3. The summed E-state index contributed by atoms with van der Waals surface area (Å²) in [6.07, 6.45) is 0.513. The SMILES string of the molecule is CCC(=O)NCNC(=O)CC(C)(C)C(C)=O. The van der Waals surface area contributed by atoms with E-state index in [-0.39, 0.29) is 30.7 Å². The first-order valence-electron chi connectivity index (χ1n) is 5.34. The Hall–Kier alpha value is -1.39. The molecule has 0 fully saturated rings. The van der Waals surface area contributed by atoms with Crippen LogP contribution in [0.1, 0.15) is 40.5 Å². The van der Waals surface area contributed by atoms with E-state index in [0.29, 0.717) is 6.42 Å². The van der Waals surface area contributed by atoms with Crippen LogP contribution < -0.4 is 10.6 Å². The molecule has 0 aromatic rings. The molecular formula is C11H20N2O3. The molecule has 0 radical (unpaired) electrons. The molecule has 0 unspecified atom stereocenters. The Morgan fingerprint density at radius 2 is 1.56 bits per heavy atom. The van der Waals surface area contributed by atoms with Gasteiger partial charge in [0, 0.05) is 18.3 Å². The third kappa shape index (κ3) is 5.48. The lowest BCUT2D eigenvalue weighted by molar-refractivity contribution is -0.132. The molecule has 5 heteroatoms. The van der Waals surface area contributed by atoms with Crippen molar-refractivity contribution in [2.45, 2.75) is 40.5 Å². The molecule has 16 heavy (non-hydrogen) atoms. The summed E-state index contributed by atoms with van der Waals surface area (Å²) in [5.41, 5.74) is -0.654. The Morgan fingerprint density at radius 1 is 1.06 bits per heavy atom. The van der Waals surface area contributed by atoms with Crippen LogP contribution in [0.5, 0.6) is 0 Å². The van der Waals surface area contributed by atoms with Gasteiger partial charge in [-0.25, -0.2) is 0 Å². The summed E-state index contributed by atoms with van der Waals surface area (Å²) in [6.45, 7) is 6.75. The van der Waals surface area contributed by atoms with E-state index in [1.54, 1.807) is 20.8 Å². The second kappa shape index (κ2) is 6.25. The van der Waals surface area contributed by atoms with Gasteiger partial charge < -0.3 is 10.6 Å². The second-order valence-electron chi connectivity index (χ2n) is 4.35. The van der Waals surface area contributed by atoms with Crippen LogP contribution in [-0.2, 0) is 14.4 Å². The molecule has 92 valence electrons. The fraction of sp³-hybridized carbons (Fsp3) is 0.727. The van der Waals surface area contributed by atoms with Gasteiger partial charge in [-0.05, 0) is 6.92 Å². The minimum atomic E-state index is -0.654. The van der Waals surface area contributed by atoms with E-state index in [1.807, 2.05) is 0 Å². The van der Waals surface area contributed by atoms with Crippen molar-refractivity contribution in [2.24, 2.45) is 5.41 Å². The van der Waals surface area contributed by atoms with Crippen LogP contribution in [0, 0.1) is 5.41 Å². The van der Waals surface area contributed by atoms with Crippen molar-refractivity contribution in [3.05, 3.63) is 0 Å². The largest absolute Gasteiger partial charge is 0.339 e. The average Bonchev–Trinajstić information content (AvgIpc) is 2.16. The average molecular weight is 228 g/mol. The van der Waals surface area contributed by atoms with Crippen LogP contribution in [0.2, 0.25) is 0 Å². The first-order valence-corrected chi connectivity index (χ1v) is 5.34. The predicted molar refractivity (Wildman–Crippen MR) is 60.5 cm³/mol. The van der Waals surface area contributed by atoms with Crippen LogP contribution in [0.3, 0.4) is 0 Å². The van der Waals surface area contributed by atoms with Gasteiger partial charge in [-0.2, -0.15) is 0 Å². The van der Waals surface area contributed by atoms with Crippen molar-refractivity contribution in [1.82, 2.24) is 10.6 Å². The minimum absolute atomic E-state index is 0.0276. The number of Topliss-reactive ketones (excluding diaryl/α,β-unsaturated/α-hetero) is 1. The molecule has 0 saturated heterocycles. The summed E-state index contributed by atoms with van der Waals surface area (Å²) in [6, 6.07) is 0. The van der Waals surface area contributed by atoms with Gasteiger partial charge in [-0.3, -0.25) is 14.4 Å². The number of hydrogen-bond acceptors (Lipinski definition) is 3. The standard InChI is InChI=1S/C11H20N2O3/c1-5-9(15)12-7-13-10(16)6-11(3,4)8(2)14/h5-7H2,1-4H3,(H,12,15)(H,13,16). The van der Waals surface area contributed by atoms with Crippen molar-refractivity contribution in [3.63, 3.8) is 0 Å². The molecule has 0 heterocycles. The summed E-state index contributed by atoms with van der Waals surface area (Å²) in [7, 11) is 0. The van der Waals surface area contributed by atoms with Gasteiger partial charge in [0.15, 0.2) is 0 Å². The highest BCUT2D eigenvalue weighted by Crippen LogP contribution is 2.20. The fourth-order valence-corrected chi connectivity index (χ4v) is 0.955. The van der Waals surface area contributed by atoms with E-state index >= 15 is 0 Å². The van der Waals surface area contributed by atoms with E-state index < -0.39 is 5.41 Å². The summed E-state index contributed by atoms with van der Waals surface area (Å²) in [4.78, 5) is 33.5. The van der Waals surface area contributed by atoms with E-state index in [4.69, 9.17) is 0 Å². The number of amides is 2. The molecule has 0 aromatic carbocycles. The Labute approximate surface area is 96.0 Å². The molecule has 0 rings (SSSR count). The Kier molecular flexibility index (Phi) is 5.71. The smallest absolute Gasteiger partial charge is 0.222 e. The van der Waals surface area contributed by atoms with Crippen LogP contribution in [0.25, 0.3) is 0 Å². The molecular weight excluding hydrogens is 208 g/mol. The third-order valence-corrected chi connectivity index (χ3v) is 2.45. The van der Waals surface area contributed by atoms with E-state index in [2.05, 4.69) is 10.6 Å². The maximum Gasteiger partial charge on any atom is 0.222 e. The van der Waals surface area contributed by atoms with Gasteiger partial charge in [0.1, 0.15) is 5.78 Å². The maximum absolute atomic E-state index is 11.4. The molecule has 2 amide bonds. The number of nitrogens with one attached hydrogen (secondary N) is 2. The quantitative estimate of drug-likeness (QED) is 0.653. The molecule has 0 aliphatic carbocycles. The van der Waals surface area contributed by atoms with Crippen LogP contribution in [0.15, 0.2) is 0 Å². The topological polar surface area (TPSA) is 75.3 Å². The van der Waals surface area contributed by atoms with Crippen molar-refractivity contribution in [3.8, 4) is 0 Å². The monoisotopic (exact) mass is 228 g/mol. The van der Waals surface area contributed by atoms with Crippen molar-refractivity contribution in [1.29, 1.82) is 0 Å². The van der Waals surface area contributed by atoms with Crippen LogP contribution in [-0.4, -0.2) is 24.3 Å². The Morgan fingerprint density at radius 3 is 2.00 bits per heavy atom. The summed E-state index contributed by atoms with van der Waals surface area (Å²) in [5.74, 6) is -0.386. The molecule has 0 spiro atoms. The van der Waals surface area contributed by atoms with Gasteiger partial charge in [0.2, 0.25) is 11.8 Å². The molecule has 0 aromatic heterocycles. The second-order valence-corrected chi connectivity index (χ2v) is 4.35. The fourth-order valence-electron chi connectivity index (χ4n) is 0.955. The summed E-state index contributed by atoms with van der Waals surface area (Å²) in [5, 5.41) is 5.06. The van der Waals surface area contributed by atoms with Crippen molar-refractivity contribution < 1.29 is 14.4 Å². The van der Waals surface area contributed by atoms with Gasteiger partial charge in [-0.15, -0.1) is 0 Å². The van der Waals surface area contributed by atoms with Gasteiger partial charge in [0.25, 0.3) is 0 Å². The summed E-state index contributed by atoms with van der Waals surface area (Å²) >= 11 is 0. The molecule has 0 saturated carbocycles. The first kappa shape index (κ1) is 14.6. The molecule has 0 aliphatic rings. The van der Waals surface area contributed by atoms with Crippen molar-refractivity contribution >= 4 is 17.6 Å². The normalized spacial score (nSPS) is 10.8. The zero-order valence-corrected chi connectivity index (χ0v) is 10.3. The lowest BCUT2D eigenvalue weighted by atomic mass is 9.85. The van der Waals surface area contributed by atoms with Gasteiger partial charge >= 0.3 is 0 Å². The molecule has 5 nitrogen and oxygen atoms in total. The molecule has 0 aliphatic heterocycles. The van der Waals surface area contributed by atoms with E-state index in [0.717, 1.165) is 0 Å². The Bertz CT molecular complexity index is 285. The molecule has 0 bridgehead atoms. The highest BCUT2D eigenvalue weighted by Gasteiger charge is 2.26. The predicted octanol–water partition coefficient (Wildman–Crippen LogP) is 0.592. The van der Waals surface area contributed by atoms with Gasteiger partial charge in [-0.1, -0.05) is 20.8 Å². The number of hydrogen-bond donors (Lipinski definition) is 2. The first-order chi connectivity index (χ1) is 7.29. The minimum Gasteiger partial charge on any atom is -0.339 e. The number of ketones is 1. The van der Waals surface area contributed by atoms with Gasteiger partial charge in [0.05, 0.1) is 6.67 Å². The van der Waals surface area contributed by atoms with Crippen molar-refractivity contribution in [2.75, 3.05) is 6.67 Å². The van der Waals surface area contributed by atoms with Crippen LogP contribution >= 0.6 is 0 Å². The van der Waals surface area contributed by atoms with E-state index in [1.165, 1.54) is 6.92 Å². The zero-order valence-electron chi connectivity index (χ0n) is 10.3. The number of rotatable bonds is 6. The molecule has 0 atom stereocenters. The zero-order chi connectivity index (χ0) is 12.8. The van der Waals surface area contributed by atoms with E-state index in [9.17, 15) is 14.4 Å².